The first kappa shape index (κ1) is 30.8. The van der Waals surface area contributed by atoms with E-state index in [2.05, 4.69) is 15.9 Å². The lowest BCUT2D eigenvalue weighted by Gasteiger charge is -2.29. The summed E-state index contributed by atoms with van der Waals surface area (Å²) < 4.78 is 14.5. The van der Waals surface area contributed by atoms with Crippen LogP contribution in [0.3, 0.4) is 0 Å². The molecule has 3 aromatic carbocycles. The van der Waals surface area contributed by atoms with Gasteiger partial charge in [-0.15, -0.1) is 0 Å². The van der Waals surface area contributed by atoms with Crippen LogP contribution in [0, 0.1) is 0 Å². The van der Waals surface area contributed by atoms with E-state index in [9.17, 15) is 9.59 Å². The minimum Gasteiger partial charge on any atom is -0.493 e. The summed E-state index contributed by atoms with van der Waals surface area (Å²) in [7, 11) is 1.58. The summed E-state index contributed by atoms with van der Waals surface area (Å²) in [5.41, 5.74) is 3.40. The standard InChI is InChI=1S/C33H31BrClN3O4S/c1-5-37(6-2)32(40)28-20(3)36-33-38(29(28)23-12-14-24(35)15-13-23)31(39)27(43-33)18-22-16-25(34)30(26(17-22)41-4)42-19-21-10-8-7-9-11-21/h7-18,29H,5-6,19H2,1-4H3/b27-18+/t29-/m0/s1. The Morgan fingerprint density at radius 1 is 1.12 bits per heavy atom. The number of thiazole rings is 1. The molecule has 0 unspecified atom stereocenters. The number of methoxy groups -OCH3 is 1. The molecule has 0 aliphatic carbocycles. The zero-order valence-corrected chi connectivity index (χ0v) is 27.4. The van der Waals surface area contributed by atoms with Crippen LogP contribution in [-0.4, -0.2) is 35.6 Å². The predicted octanol–water partition coefficient (Wildman–Crippen LogP) is 6.11. The van der Waals surface area contributed by atoms with Gasteiger partial charge in [-0.1, -0.05) is 65.4 Å². The molecule has 0 radical (unpaired) electrons. The molecule has 0 N–H and O–H groups in total. The molecule has 4 aromatic rings. The fraction of sp³-hybridized carbons (Fsp3) is 0.242. The summed E-state index contributed by atoms with van der Waals surface area (Å²) >= 11 is 11.1. The van der Waals surface area contributed by atoms with Crippen LogP contribution in [0.25, 0.3) is 6.08 Å². The minimum atomic E-state index is -0.640. The lowest BCUT2D eigenvalue weighted by atomic mass is 9.94. The molecule has 2 heterocycles. The molecule has 222 valence electrons. The van der Waals surface area contributed by atoms with Crippen molar-refractivity contribution in [3.63, 3.8) is 0 Å². The normalized spacial score (nSPS) is 14.7. The van der Waals surface area contributed by atoms with E-state index in [1.54, 1.807) is 28.7 Å². The van der Waals surface area contributed by atoms with E-state index in [1.807, 2.05) is 81.4 Å². The van der Waals surface area contributed by atoms with Gasteiger partial charge in [0.2, 0.25) is 0 Å². The number of carbonyl (C=O) groups excluding carboxylic acids is 1. The summed E-state index contributed by atoms with van der Waals surface area (Å²) in [5, 5.41) is 0.573. The van der Waals surface area contributed by atoms with Crippen molar-refractivity contribution >= 4 is 50.9 Å². The Kier molecular flexibility index (Phi) is 9.54. The molecule has 0 saturated carbocycles. The number of rotatable bonds is 9. The van der Waals surface area contributed by atoms with Crippen LogP contribution in [-0.2, 0) is 11.4 Å². The molecule has 1 atom stereocenters. The number of ether oxygens (including phenoxy) is 2. The summed E-state index contributed by atoms with van der Waals surface area (Å²) in [6.45, 7) is 7.18. The molecule has 43 heavy (non-hydrogen) atoms. The third kappa shape index (κ3) is 6.34. The molecule has 1 aliphatic rings. The first-order valence-corrected chi connectivity index (χ1v) is 15.9. The van der Waals surface area contributed by atoms with E-state index < -0.39 is 6.04 Å². The van der Waals surface area contributed by atoms with Crippen molar-refractivity contribution in [1.82, 2.24) is 9.47 Å². The average Bonchev–Trinajstić information content (AvgIpc) is 3.30. The van der Waals surface area contributed by atoms with Crippen LogP contribution in [0.5, 0.6) is 11.5 Å². The van der Waals surface area contributed by atoms with Gasteiger partial charge in [-0.2, -0.15) is 0 Å². The SMILES string of the molecule is CCN(CC)C(=O)C1=C(C)N=c2s/c(=C/c3cc(Br)c(OCc4ccccc4)c(OC)c3)c(=O)n2[C@H]1c1ccc(Cl)cc1. The minimum absolute atomic E-state index is 0.139. The number of likely N-dealkylation sites (N-methyl/N-ethyl adjacent to an activating group) is 1. The first-order chi connectivity index (χ1) is 20.7. The maximum atomic E-state index is 14.1. The summed E-state index contributed by atoms with van der Waals surface area (Å²) in [6, 6.07) is 20.2. The Hall–Kier alpha value is -3.66. The molecule has 0 bridgehead atoms. The molecule has 5 rings (SSSR count). The maximum absolute atomic E-state index is 14.1. The number of benzene rings is 3. The Labute approximate surface area is 267 Å². The number of carbonyl (C=O) groups is 1. The Bertz CT molecular complexity index is 1860. The monoisotopic (exact) mass is 679 g/mol. The number of hydrogen-bond acceptors (Lipinski definition) is 6. The molecule has 0 spiro atoms. The van der Waals surface area contributed by atoms with Gasteiger partial charge in [0, 0.05) is 18.1 Å². The number of allylic oxidation sites excluding steroid dienone is 1. The van der Waals surface area contributed by atoms with Crippen molar-refractivity contribution < 1.29 is 14.3 Å². The highest BCUT2D eigenvalue weighted by Gasteiger charge is 2.34. The Morgan fingerprint density at radius 2 is 1.81 bits per heavy atom. The Morgan fingerprint density at radius 3 is 2.47 bits per heavy atom. The van der Waals surface area contributed by atoms with E-state index >= 15 is 0 Å². The molecule has 1 aromatic heterocycles. The number of aromatic nitrogens is 1. The first-order valence-electron chi connectivity index (χ1n) is 13.9. The summed E-state index contributed by atoms with van der Waals surface area (Å²) in [5.74, 6) is 0.967. The molecule has 1 aliphatic heterocycles. The highest BCUT2D eigenvalue weighted by molar-refractivity contribution is 9.10. The highest BCUT2D eigenvalue weighted by Crippen LogP contribution is 2.37. The lowest BCUT2D eigenvalue weighted by Crippen LogP contribution is -2.43. The molecule has 0 fully saturated rings. The molecular weight excluding hydrogens is 650 g/mol. The fourth-order valence-corrected chi connectivity index (χ4v) is 6.83. The second-order valence-corrected chi connectivity index (χ2v) is 12.2. The van der Waals surface area contributed by atoms with Crippen molar-refractivity contribution in [2.24, 2.45) is 4.99 Å². The van der Waals surface area contributed by atoms with Crippen molar-refractivity contribution in [2.45, 2.75) is 33.4 Å². The number of amides is 1. The van der Waals surface area contributed by atoms with Crippen LogP contribution in [0.4, 0.5) is 0 Å². The zero-order chi connectivity index (χ0) is 30.7. The number of fused-ring (bicyclic) bond motifs is 1. The van der Waals surface area contributed by atoms with Crippen molar-refractivity contribution in [1.29, 1.82) is 0 Å². The molecule has 7 nitrogen and oxygen atoms in total. The van der Waals surface area contributed by atoms with E-state index in [-0.39, 0.29) is 11.5 Å². The van der Waals surface area contributed by atoms with E-state index in [1.165, 1.54) is 11.3 Å². The third-order valence-corrected chi connectivity index (χ3v) is 9.09. The van der Waals surface area contributed by atoms with Crippen LogP contribution in [0.2, 0.25) is 5.02 Å². The van der Waals surface area contributed by atoms with Gasteiger partial charge in [0.1, 0.15) is 6.61 Å². The van der Waals surface area contributed by atoms with Crippen molar-refractivity contribution in [3.05, 3.63) is 124 Å². The van der Waals surface area contributed by atoms with Gasteiger partial charge >= 0.3 is 0 Å². The van der Waals surface area contributed by atoms with E-state index in [0.717, 1.165) is 16.7 Å². The third-order valence-electron chi connectivity index (χ3n) is 7.26. The molecule has 1 amide bonds. The largest absolute Gasteiger partial charge is 0.493 e. The van der Waals surface area contributed by atoms with Crippen LogP contribution in [0.15, 0.2) is 92.3 Å². The highest BCUT2D eigenvalue weighted by atomic mass is 79.9. The summed E-state index contributed by atoms with van der Waals surface area (Å²) in [6.07, 6.45) is 1.81. The van der Waals surface area contributed by atoms with Gasteiger partial charge in [0.05, 0.1) is 33.4 Å². The zero-order valence-electron chi connectivity index (χ0n) is 24.3. The van der Waals surface area contributed by atoms with Gasteiger partial charge < -0.3 is 14.4 Å². The average molecular weight is 681 g/mol. The Balaban J connectivity index is 1.60. The topological polar surface area (TPSA) is 73.1 Å². The quantitative estimate of drug-likeness (QED) is 0.214. The van der Waals surface area contributed by atoms with Gasteiger partial charge in [-0.05, 0) is 83.7 Å². The van der Waals surface area contributed by atoms with Crippen LogP contribution in [0.1, 0.15) is 43.5 Å². The van der Waals surface area contributed by atoms with Gasteiger partial charge in [-0.3, -0.25) is 14.2 Å². The van der Waals surface area contributed by atoms with E-state index in [4.69, 9.17) is 26.1 Å². The van der Waals surface area contributed by atoms with Crippen LogP contribution < -0.4 is 24.4 Å². The molecular formula is C33H31BrClN3O4S. The van der Waals surface area contributed by atoms with Gasteiger partial charge in [-0.25, -0.2) is 4.99 Å². The predicted molar refractivity (Wildman–Crippen MR) is 175 cm³/mol. The van der Waals surface area contributed by atoms with Gasteiger partial charge in [0.25, 0.3) is 11.5 Å². The number of nitrogens with zero attached hydrogens (tertiary/aromatic N) is 3. The molecule has 0 saturated heterocycles. The van der Waals surface area contributed by atoms with Crippen molar-refractivity contribution in [2.75, 3.05) is 20.2 Å². The fourth-order valence-electron chi connectivity index (χ4n) is 5.08. The number of hydrogen-bond donors (Lipinski definition) is 0. The summed E-state index contributed by atoms with van der Waals surface area (Å²) in [4.78, 5) is 34.8. The maximum Gasteiger partial charge on any atom is 0.271 e. The second-order valence-electron chi connectivity index (χ2n) is 9.92. The smallest absolute Gasteiger partial charge is 0.271 e. The van der Waals surface area contributed by atoms with Gasteiger partial charge in [0.15, 0.2) is 16.3 Å². The molecule has 10 heteroatoms. The van der Waals surface area contributed by atoms with Crippen molar-refractivity contribution in [3.8, 4) is 11.5 Å². The second kappa shape index (κ2) is 13.3. The lowest BCUT2D eigenvalue weighted by molar-refractivity contribution is -0.127. The van der Waals surface area contributed by atoms with Crippen LogP contribution >= 0.6 is 38.9 Å². The number of halogens is 2. The van der Waals surface area contributed by atoms with E-state index in [0.29, 0.717) is 61.3 Å².